The van der Waals surface area contributed by atoms with Crippen molar-refractivity contribution in [1.82, 2.24) is 24.7 Å². The summed E-state index contributed by atoms with van der Waals surface area (Å²) in [5, 5.41) is 13.5. The molecule has 4 N–H and O–H groups in total. The third-order valence-electron chi connectivity index (χ3n) is 5.75. The predicted molar refractivity (Wildman–Crippen MR) is 144 cm³/mol. The maximum atomic E-state index is 13.5. The van der Waals surface area contributed by atoms with Crippen LogP contribution >= 0.6 is 0 Å². The van der Waals surface area contributed by atoms with Gasteiger partial charge in [-0.2, -0.15) is 5.10 Å². The van der Waals surface area contributed by atoms with Crippen LogP contribution in [0.3, 0.4) is 0 Å². The molecular weight excluding hydrogens is 503 g/mol. The van der Waals surface area contributed by atoms with E-state index >= 15 is 0 Å². The van der Waals surface area contributed by atoms with Gasteiger partial charge in [-0.15, -0.1) is 0 Å². The number of urea groups is 1. The number of pyridine rings is 1. The number of carbonyl (C=O) groups excluding carboxylic acids is 1. The van der Waals surface area contributed by atoms with Gasteiger partial charge in [0.1, 0.15) is 40.5 Å². The molecule has 0 aliphatic heterocycles. The number of benzene rings is 2. The molecule has 0 fully saturated rings. The van der Waals surface area contributed by atoms with E-state index in [-0.39, 0.29) is 11.2 Å². The number of rotatable bonds is 6. The summed E-state index contributed by atoms with van der Waals surface area (Å²) in [5.74, 6) is 0.842. The summed E-state index contributed by atoms with van der Waals surface area (Å²) in [6.07, 6.45) is 4.40. The van der Waals surface area contributed by atoms with Gasteiger partial charge in [-0.05, 0) is 60.7 Å². The number of halogens is 1. The highest BCUT2D eigenvalue weighted by atomic mass is 19.1. The van der Waals surface area contributed by atoms with Crippen molar-refractivity contribution in [3.63, 3.8) is 0 Å². The molecule has 4 heterocycles. The van der Waals surface area contributed by atoms with Crippen LogP contribution in [0.4, 0.5) is 32.2 Å². The largest absolute Gasteiger partial charge is 0.463 e. The van der Waals surface area contributed by atoms with Crippen LogP contribution in [-0.2, 0) is 0 Å². The molecular formula is C27H19FN8O3. The van der Waals surface area contributed by atoms with Gasteiger partial charge >= 0.3 is 6.03 Å². The number of anilines is 4. The van der Waals surface area contributed by atoms with Crippen molar-refractivity contribution in [2.75, 3.05) is 16.0 Å². The van der Waals surface area contributed by atoms with E-state index in [0.717, 1.165) is 0 Å². The molecule has 192 valence electrons. The van der Waals surface area contributed by atoms with Crippen molar-refractivity contribution < 1.29 is 13.6 Å². The molecule has 0 unspecified atom stereocenters. The van der Waals surface area contributed by atoms with Gasteiger partial charge in [0.2, 0.25) is 0 Å². The average molecular weight is 523 g/mol. The van der Waals surface area contributed by atoms with E-state index in [1.165, 1.54) is 41.7 Å². The Balaban J connectivity index is 1.19. The van der Waals surface area contributed by atoms with Crippen molar-refractivity contribution in [1.29, 1.82) is 0 Å². The fourth-order valence-electron chi connectivity index (χ4n) is 3.95. The van der Waals surface area contributed by atoms with Crippen molar-refractivity contribution in [2.45, 2.75) is 0 Å². The molecule has 2 amide bonds. The van der Waals surface area contributed by atoms with E-state index in [9.17, 15) is 14.0 Å². The Morgan fingerprint density at radius 3 is 2.51 bits per heavy atom. The summed E-state index contributed by atoms with van der Waals surface area (Å²) in [7, 11) is 0. The van der Waals surface area contributed by atoms with Gasteiger partial charge in [0, 0.05) is 29.7 Å². The summed E-state index contributed by atoms with van der Waals surface area (Å²) < 4.78 is 20.4. The summed E-state index contributed by atoms with van der Waals surface area (Å²) in [6.45, 7) is 0. The van der Waals surface area contributed by atoms with Crippen LogP contribution in [0.5, 0.6) is 0 Å². The summed E-state index contributed by atoms with van der Waals surface area (Å²) in [5.41, 5.74) is 2.42. The van der Waals surface area contributed by atoms with Crippen molar-refractivity contribution in [2.24, 2.45) is 0 Å². The smallest absolute Gasteiger partial charge is 0.324 e. The van der Waals surface area contributed by atoms with Crippen LogP contribution < -0.4 is 21.4 Å². The molecule has 0 radical (unpaired) electrons. The van der Waals surface area contributed by atoms with Crippen LogP contribution in [0.1, 0.15) is 0 Å². The number of aromatic nitrogens is 5. The average Bonchev–Trinajstić information content (AvgIpc) is 3.61. The van der Waals surface area contributed by atoms with E-state index in [1.54, 1.807) is 54.6 Å². The molecule has 0 aliphatic rings. The zero-order chi connectivity index (χ0) is 26.8. The van der Waals surface area contributed by atoms with E-state index < -0.39 is 6.03 Å². The van der Waals surface area contributed by atoms with Crippen LogP contribution in [0.25, 0.3) is 28.2 Å². The molecule has 12 heteroatoms. The lowest BCUT2D eigenvalue weighted by Crippen LogP contribution is -2.21. The van der Waals surface area contributed by atoms with Gasteiger partial charge < -0.3 is 20.0 Å². The van der Waals surface area contributed by atoms with E-state index in [1.807, 2.05) is 0 Å². The molecule has 0 bridgehead atoms. The van der Waals surface area contributed by atoms with Crippen molar-refractivity contribution in [3.05, 3.63) is 108 Å². The van der Waals surface area contributed by atoms with Crippen LogP contribution in [0, 0.1) is 5.82 Å². The molecule has 0 atom stereocenters. The van der Waals surface area contributed by atoms with Gasteiger partial charge in [0.25, 0.3) is 0 Å². The topological polar surface area (TPSA) is 143 Å². The number of amides is 2. The minimum absolute atomic E-state index is 0.211. The Kier molecular flexibility index (Phi) is 6.01. The minimum Gasteiger partial charge on any atom is -0.463 e. The molecule has 4 aromatic heterocycles. The number of hydrogen-bond donors (Lipinski definition) is 4. The van der Waals surface area contributed by atoms with Gasteiger partial charge in [-0.25, -0.2) is 23.8 Å². The van der Waals surface area contributed by atoms with E-state index in [2.05, 4.69) is 36.0 Å². The van der Waals surface area contributed by atoms with Gasteiger partial charge in [0.15, 0.2) is 11.2 Å². The third-order valence-corrected chi connectivity index (χ3v) is 5.75. The molecule has 2 aromatic carbocycles. The molecule has 0 saturated carbocycles. The SMILES string of the molecule is O=C(Nc1ccc(Nc2ncnc3[nH]ccc(=O)c23)cc1)Nc1cc(-c2ccco2)nn1-c1ccc(F)cc1. The molecule has 6 rings (SSSR count). The lowest BCUT2D eigenvalue weighted by molar-refractivity contribution is 0.262. The van der Waals surface area contributed by atoms with Gasteiger partial charge in [-0.1, -0.05) is 0 Å². The normalized spacial score (nSPS) is 10.9. The zero-order valence-electron chi connectivity index (χ0n) is 20.1. The summed E-state index contributed by atoms with van der Waals surface area (Å²) in [4.78, 5) is 36.3. The zero-order valence-corrected chi connectivity index (χ0v) is 20.1. The first-order valence-electron chi connectivity index (χ1n) is 11.7. The van der Waals surface area contributed by atoms with Crippen LogP contribution in [0.2, 0.25) is 0 Å². The second kappa shape index (κ2) is 9.94. The fourth-order valence-corrected chi connectivity index (χ4v) is 3.95. The number of aromatic amines is 1. The number of nitrogens with zero attached hydrogens (tertiary/aromatic N) is 4. The standard InChI is InChI=1S/C27H19FN8O3/c28-16-3-9-19(10-4-16)36-23(14-20(35-36)22-2-1-13-39-22)34-27(38)33-18-7-5-17(6-8-18)32-26-24-21(37)11-12-29-25(24)30-15-31-26/h1-15H,(H2,33,34,38)(H2,29,30,31,32,37). The number of furan rings is 1. The number of fused-ring (bicyclic) bond motifs is 1. The Hall–Kier alpha value is -5.78. The van der Waals surface area contributed by atoms with Crippen molar-refractivity contribution >= 4 is 40.1 Å². The number of hydrogen-bond acceptors (Lipinski definition) is 7. The second-order valence-electron chi connectivity index (χ2n) is 8.35. The van der Waals surface area contributed by atoms with E-state index in [4.69, 9.17) is 4.42 Å². The third kappa shape index (κ3) is 4.93. The van der Waals surface area contributed by atoms with Crippen LogP contribution in [0.15, 0.2) is 101 Å². The second-order valence-corrected chi connectivity index (χ2v) is 8.35. The Bertz CT molecular complexity index is 1820. The quantitative estimate of drug-likeness (QED) is 0.233. The van der Waals surface area contributed by atoms with E-state index in [0.29, 0.717) is 51.2 Å². The highest BCUT2D eigenvalue weighted by Crippen LogP contribution is 2.26. The predicted octanol–water partition coefficient (Wildman–Crippen LogP) is 5.29. The number of nitrogens with one attached hydrogen (secondary N) is 4. The fraction of sp³-hybridized carbons (Fsp3) is 0. The van der Waals surface area contributed by atoms with Gasteiger partial charge in [0.05, 0.1) is 12.0 Å². The summed E-state index contributed by atoms with van der Waals surface area (Å²) in [6, 6.07) is 18.6. The Morgan fingerprint density at radius 2 is 1.74 bits per heavy atom. The maximum Gasteiger partial charge on any atom is 0.324 e. The maximum absolute atomic E-state index is 13.5. The molecule has 39 heavy (non-hydrogen) atoms. The molecule has 11 nitrogen and oxygen atoms in total. The highest BCUT2D eigenvalue weighted by molar-refractivity contribution is 6.00. The molecule has 0 aliphatic carbocycles. The monoisotopic (exact) mass is 522 g/mol. The first kappa shape index (κ1) is 23.6. The number of carbonyl (C=O) groups is 1. The molecule has 0 saturated heterocycles. The Morgan fingerprint density at radius 1 is 0.949 bits per heavy atom. The molecule has 6 aromatic rings. The molecule has 0 spiro atoms. The first-order valence-corrected chi connectivity index (χ1v) is 11.7. The lowest BCUT2D eigenvalue weighted by atomic mass is 10.2. The number of H-pyrrole nitrogens is 1. The van der Waals surface area contributed by atoms with Crippen molar-refractivity contribution in [3.8, 4) is 17.1 Å². The van der Waals surface area contributed by atoms with Crippen LogP contribution in [-0.4, -0.2) is 30.8 Å². The minimum atomic E-state index is -0.515. The van der Waals surface area contributed by atoms with Gasteiger partial charge in [-0.3, -0.25) is 10.1 Å². The summed E-state index contributed by atoms with van der Waals surface area (Å²) >= 11 is 0. The highest BCUT2D eigenvalue weighted by Gasteiger charge is 2.16. The lowest BCUT2D eigenvalue weighted by Gasteiger charge is -2.11. The first-order chi connectivity index (χ1) is 19.0. The Labute approximate surface area is 219 Å².